The molecule has 17 heavy (non-hydrogen) atoms. The van der Waals surface area contributed by atoms with Gasteiger partial charge < -0.3 is 0 Å². The number of hydrogen-bond acceptors (Lipinski definition) is 1. The normalized spacial score (nSPS) is 12.4. The minimum Gasteiger partial charge on any atom is -0.294 e. The third kappa shape index (κ3) is 5.48. The molecule has 1 rings (SSSR count). The van der Waals surface area contributed by atoms with Gasteiger partial charge in [0.2, 0.25) is 0 Å². The molecule has 0 N–H and O–H groups in total. The lowest BCUT2D eigenvalue weighted by Crippen LogP contribution is -2.09. The Kier molecular flexibility index (Phi) is 8.04. The van der Waals surface area contributed by atoms with Crippen LogP contribution in [0.5, 0.6) is 0 Å². The molecule has 0 aliphatic carbocycles. The van der Waals surface area contributed by atoms with E-state index in [1.54, 1.807) is 0 Å². The van der Waals surface area contributed by atoms with Crippen LogP contribution in [-0.4, -0.2) is 5.78 Å². The van der Waals surface area contributed by atoms with E-state index in [9.17, 15) is 4.79 Å². The standard InChI is InChI=1S/C14H18O.C2H6/c1-4-11(2)10-12(3)14(15)13-8-6-5-7-9-13;1-2/h5-10,12H,4H2,1-3H3;1-2H3/b11-10+;/t12-;/m1./s1. The molecular formula is C16H24O. The van der Waals surface area contributed by atoms with Gasteiger partial charge in [-0.3, -0.25) is 4.79 Å². The zero-order valence-corrected chi connectivity index (χ0v) is 11.7. The van der Waals surface area contributed by atoms with Crippen LogP contribution in [0.2, 0.25) is 0 Å². The van der Waals surface area contributed by atoms with E-state index in [0.29, 0.717) is 0 Å². The van der Waals surface area contributed by atoms with Crippen LogP contribution in [0.4, 0.5) is 0 Å². The average Bonchev–Trinajstić information content (AvgIpc) is 2.40. The number of rotatable bonds is 4. The minimum atomic E-state index is -0.0210. The summed E-state index contributed by atoms with van der Waals surface area (Å²) in [6.07, 6.45) is 3.06. The Morgan fingerprint density at radius 1 is 1.24 bits per heavy atom. The minimum absolute atomic E-state index is 0.0210. The van der Waals surface area contributed by atoms with Crippen molar-refractivity contribution in [3.8, 4) is 0 Å². The highest BCUT2D eigenvalue weighted by Gasteiger charge is 2.11. The first-order valence-corrected chi connectivity index (χ1v) is 6.41. The molecule has 0 aliphatic rings. The van der Waals surface area contributed by atoms with Gasteiger partial charge in [0.05, 0.1) is 0 Å². The maximum absolute atomic E-state index is 12.0. The lowest BCUT2D eigenvalue weighted by Gasteiger charge is -2.06. The molecule has 0 fully saturated rings. The Morgan fingerprint density at radius 2 is 1.76 bits per heavy atom. The largest absolute Gasteiger partial charge is 0.294 e. The van der Waals surface area contributed by atoms with Gasteiger partial charge in [0.1, 0.15) is 0 Å². The van der Waals surface area contributed by atoms with Gasteiger partial charge >= 0.3 is 0 Å². The molecule has 1 heteroatoms. The van der Waals surface area contributed by atoms with Gasteiger partial charge in [-0.2, -0.15) is 0 Å². The van der Waals surface area contributed by atoms with Crippen LogP contribution in [0.1, 0.15) is 51.4 Å². The molecule has 94 valence electrons. The van der Waals surface area contributed by atoms with Crippen molar-refractivity contribution < 1.29 is 4.79 Å². The molecule has 0 saturated heterocycles. The van der Waals surface area contributed by atoms with Gasteiger partial charge in [-0.05, 0) is 13.3 Å². The zero-order chi connectivity index (χ0) is 13.3. The Labute approximate surface area is 106 Å². The highest BCUT2D eigenvalue weighted by atomic mass is 16.1. The number of ketones is 1. The summed E-state index contributed by atoms with van der Waals surface area (Å²) in [6.45, 7) is 10.1. The second-order valence-corrected chi connectivity index (χ2v) is 3.89. The van der Waals surface area contributed by atoms with Crippen molar-refractivity contribution in [1.82, 2.24) is 0 Å². The number of carbonyl (C=O) groups is 1. The van der Waals surface area contributed by atoms with Crippen LogP contribution in [-0.2, 0) is 0 Å². The molecule has 0 heterocycles. The fourth-order valence-corrected chi connectivity index (χ4v) is 1.49. The van der Waals surface area contributed by atoms with E-state index in [1.807, 2.05) is 51.1 Å². The fraction of sp³-hybridized carbons (Fsp3) is 0.438. The van der Waals surface area contributed by atoms with Gasteiger partial charge in [0.25, 0.3) is 0 Å². The van der Waals surface area contributed by atoms with Crippen molar-refractivity contribution in [2.24, 2.45) is 5.92 Å². The summed E-state index contributed by atoms with van der Waals surface area (Å²) < 4.78 is 0. The second-order valence-electron chi connectivity index (χ2n) is 3.89. The Balaban J connectivity index is 0.00000121. The van der Waals surface area contributed by atoms with Gasteiger partial charge in [-0.1, -0.05) is 69.7 Å². The molecule has 1 aromatic rings. The third-order valence-corrected chi connectivity index (χ3v) is 2.56. The number of carbonyl (C=O) groups excluding carboxylic acids is 1. The summed E-state index contributed by atoms with van der Waals surface area (Å²) in [5.74, 6) is 0.177. The van der Waals surface area contributed by atoms with Crippen LogP contribution in [0.25, 0.3) is 0 Å². The van der Waals surface area contributed by atoms with E-state index in [4.69, 9.17) is 0 Å². The van der Waals surface area contributed by atoms with Gasteiger partial charge in [-0.25, -0.2) is 0 Å². The molecule has 0 unspecified atom stereocenters. The molecule has 0 aromatic heterocycles. The molecular weight excluding hydrogens is 208 g/mol. The summed E-state index contributed by atoms with van der Waals surface area (Å²) in [6, 6.07) is 9.46. The van der Waals surface area contributed by atoms with E-state index in [1.165, 1.54) is 5.57 Å². The van der Waals surface area contributed by atoms with E-state index in [2.05, 4.69) is 19.9 Å². The zero-order valence-electron chi connectivity index (χ0n) is 11.7. The fourth-order valence-electron chi connectivity index (χ4n) is 1.49. The van der Waals surface area contributed by atoms with Crippen LogP contribution >= 0.6 is 0 Å². The lowest BCUT2D eigenvalue weighted by atomic mass is 9.97. The quantitative estimate of drug-likeness (QED) is 0.533. The predicted molar refractivity (Wildman–Crippen MR) is 75.3 cm³/mol. The van der Waals surface area contributed by atoms with E-state index >= 15 is 0 Å². The predicted octanol–water partition coefficient (Wildman–Crippen LogP) is 4.89. The van der Waals surface area contributed by atoms with Gasteiger partial charge in [-0.15, -0.1) is 0 Å². The van der Waals surface area contributed by atoms with Crippen LogP contribution in [0, 0.1) is 5.92 Å². The first-order valence-electron chi connectivity index (χ1n) is 6.41. The molecule has 0 radical (unpaired) electrons. The Morgan fingerprint density at radius 3 is 2.24 bits per heavy atom. The molecule has 0 spiro atoms. The monoisotopic (exact) mass is 232 g/mol. The summed E-state index contributed by atoms with van der Waals surface area (Å²) in [7, 11) is 0. The Hall–Kier alpha value is -1.37. The van der Waals surface area contributed by atoms with Crippen molar-refractivity contribution in [2.45, 2.75) is 41.0 Å². The van der Waals surface area contributed by atoms with Gasteiger partial charge in [0.15, 0.2) is 5.78 Å². The molecule has 0 saturated carbocycles. The summed E-state index contributed by atoms with van der Waals surface area (Å²) >= 11 is 0. The van der Waals surface area contributed by atoms with Crippen LogP contribution < -0.4 is 0 Å². The SMILES string of the molecule is CC.CC/C(C)=C/[C@@H](C)C(=O)c1ccccc1. The van der Waals surface area contributed by atoms with Gasteiger partial charge in [0, 0.05) is 11.5 Å². The summed E-state index contributed by atoms with van der Waals surface area (Å²) in [5.41, 5.74) is 2.07. The van der Waals surface area contributed by atoms with Crippen LogP contribution in [0.3, 0.4) is 0 Å². The molecule has 0 bridgehead atoms. The highest BCUT2D eigenvalue weighted by molar-refractivity contribution is 5.98. The Bertz CT molecular complexity index is 349. The maximum Gasteiger partial charge on any atom is 0.169 e. The number of allylic oxidation sites excluding steroid dienone is 2. The second kappa shape index (κ2) is 8.74. The van der Waals surface area contributed by atoms with E-state index in [0.717, 1.165) is 12.0 Å². The van der Waals surface area contributed by atoms with Crippen LogP contribution in [0.15, 0.2) is 42.0 Å². The van der Waals surface area contributed by atoms with Crippen molar-refractivity contribution in [3.63, 3.8) is 0 Å². The third-order valence-electron chi connectivity index (χ3n) is 2.56. The smallest absolute Gasteiger partial charge is 0.169 e. The van der Waals surface area contributed by atoms with Crippen molar-refractivity contribution in [1.29, 1.82) is 0 Å². The number of hydrogen-bond donors (Lipinski definition) is 0. The summed E-state index contributed by atoms with van der Waals surface area (Å²) in [5, 5.41) is 0. The molecule has 0 amide bonds. The van der Waals surface area contributed by atoms with Crippen molar-refractivity contribution >= 4 is 5.78 Å². The maximum atomic E-state index is 12.0. The molecule has 0 aliphatic heterocycles. The lowest BCUT2D eigenvalue weighted by molar-refractivity contribution is 0.0952. The number of benzene rings is 1. The van der Waals surface area contributed by atoms with E-state index < -0.39 is 0 Å². The molecule has 1 atom stereocenters. The van der Waals surface area contributed by atoms with Crippen molar-refractivity contribution in [2.75, 3.05) is 0 Å². The first kappa shape index (κ1) is 15.6. The van der Waals surface area contributed by atoms with E-state index in [-0.39, 0.29) is 11.7 Å². The first-order chi connectivity index (χ1) is 8.15. The molecule has 1 aromatic carbocycles. The summed E-state index contributed by atoms with van der Waals surface area (Å²) in [4.78, 5) is 12.0. The number of Topliss-reactive ketones (excluding diaryl/α,β-unsaturated/α-hetero) is 1. The van der Waals surface area contributed by atoms with Crippen molar-refractivity contribution in [3.05, 3.63) is 47.5 Å². The molecule has 1 nitrogen and oxygen atoms in total. The topological polar surface area (TPSA) is 17.1 Å². The average molecular weight is 232 g/mol. The highest BCUT2D eigenvalue weighted by Crippen LogP contribution is 2.12.